The topological polar surface area (TPSA) is 76.7 Å². The van der Waals surface area contributed by atoms with Crippen molar-refractivity contribution in [3.05, 3.63) is 59.7 Å². The highest BCUT2D eigenvalue weighted by Gasteiger charge is 2.17. The van der Waals surface area contributed by atoms with Crippen LogP contribution in [0.25, 0.3) is 0 Å². The molecular formula is C22H26N2O4. The molecule has 6 nitrogen and oxygen atoms in total. The maximum Gasteiger partial charge on any atom is 0.259 e. The average Bonchev–Trinajstić information content (AvgIpc) is 3.25. The maximum atomic E-state index is 12.6. The highest BCUT2D eigenvalue weighted by atomic mass is 16.5. The van der Waals surface area contributed by atoms with E-state index in [9.17, 15) is 9.59 Å². The van der Waals surface area contributed by atoms with Crippen LogP contribution in [0.4, 0.5) is 5.69 Å². The lowest BCUT2D eigenvalue weighted by Gasteiger charge is -2.12. The Balaban J connectivity index is 1.58. The fourth-order valence-corrected chi connectivity index (χ4v) is 3.01. The molecule has 2 amide bonds. The number of hydrogen-bond donors (Lipinski definition) is 2. The Morgan fingerprint density at radius 2 is 1.89 bits per heavy atom. The molecule has 0 unspecified atom stereocenters. The molecule has 28 heavy (non-hydrogen) atoms. The molecule has 0 bridgehead atoms. The molecule has 0 spiro atoms. The molecule has 1 aliphatic heterocycles. The quantitative estimate of drug-likeness (QED) is 0.731. The van der Waals surface area contributed by atoms with Gasteiger partial charge in [-0.2, -0.15) is 0 Å². The fourth-order valence-electron chi connectivity index (χ4n) is 3.01. The van der Waals surface area contributed by atoms with Gasteiger partial charge in [0.1, 0.15) is 5.75 Å². The molecule has 2 aromatic rings. The summed E-state index contributed by atoms with van der Waals surface area (Å²) in [4.78, 5) is 24.8. The van der Waals surface area contributed by atoms with Crippen LogP contribution in [0.2, 0.25) is 0 Å². The summed E-state index contributed by atoms with van der Waals surface area (Å²) >= 11 is 0. The van der Waals surface area contributed by atoms with E-state index in [0.717, 1.165) is 25.9 Å². The number of hydrogen-bond acceptors (Lipinski definition) is 4. The Morgan fingerprint density at radius 3 is 2.61 bits per heavy atom. The lowest BCUT2D eigenvalue weighted by molar-refractivity contribution is 0.0857. The number of rotatable bonds is 8. The minimum absolute atomic E-state index is 0.109. The van der Waals surface area contributed by atoms with Gasteiger partial charge in [-0.15, -0.1) is 0 Å². The van der Waals surface area contributed by atoms with E-state index in [0.29, 0.717) is 35.7 Å². The molecule has 148 valence electrons. The number of carbonyl (C=O) groups excluding carboxylic acids is 2. The molecule has 1 aliphatic rings. The molecule has 3 rings (SSSR count). The van der Waals surface area contributed by atoms with Gasteiger partial charge >= 0.3 is 0 Å². The molecule has 0 aromatic heterocycles. The zero-order chi connectivity index (χ0) is 19.8. The number of anilines is 1. The maximum absolute atomic E-state index is 12.6. The number of amides is 2. The predicted molar refractivity (Wildman–Crippen MR) is 108 cm³/mol. The second-order valence-electron chi connectivity index (χ2n) is 6.72. The zero-order valence-corrected chi connectivity index (χ0v) is 16.1. The van der Waals surface area contributed by atoms with E-state index in [4.69, 9.17) is 9.47 Å². The number of para-hydroxylation sites is 1. The first-order valence-electron chi connectivity index (χ1n) is 9.70. The highest BCUT2D eigenvalue weighted by molar-refractivity contribution is 6.06. The summed E-state index contributed by atoms with van der Waals surface area (Å²) < 4.78 is 11.1. The first-order valence-corrected chi connectivity index (χ1v) is 9.70. The molecule has 0 aliphatic carbocycles. The lowest BCUT2D eigenvalue weighted by Crippen LogP contribution is -2.31. The minimum atomic E-state index is -0.248. The molecule has 0 radical (unpaired) electrons. The van der Waals surface area contributed by atoms with Crippen LogP contribution < -0.4 is 15.4 Å². The van der Waals surface area contributed by atoms with E-state index in [1.807, 2.05) is 13.0 Å². The second-order valence-corrected chi connectivity index (χ2v) is 6.72. The van der Waals surface area contributed by atoms with E-state index in [1.54, 1.807) is 42.5 Å². The van der Waals surface area contributed by atoms with Crippen LogP contribution in [0.1, 0.15) is 46.9 Å². The van der Waals surface area contributed by atoms with Crippen LogP contribution >= 0.6 is 0 Å². The molecule has 2 aromatic carbocycles. The van der Waals surface area contributed by atoms with E-state index in [2.05, 4.69) is 10.6 Å². The van der Waals surface area contributed by atoms with Crippen molar-refractivity contribution in [2.24, 2.45) is 0 Å². The predicted octanol–water partition coefficient (Wildman–Crippen LogP) is 3.64. The van der Waals surface area contributed by atoms with E-state index in [1.165, 1.54) is 0 Å². The van der Waals surface area contributed by atoms with Gasteiger partial charge < -0.3 is 20.1 Å². The number of nitrogens with one attached hydrogen (secondary N) is 2. The largest absolute Gasteiger partial charge is 0.493 e. The van der Waals surface area contributed by atoms with Gasteiger partial charge in [-0.05, 0) is 55.7 Å². The zero-order valence-electron chi connectivity index (χ0n) is 16.1. The Labute approximate surface area is 165 Å². The molecule has 2 N–H and O–H groups in total. The smallest absolute Gasteiger partial charge is 0.259 e. The Kier molecular flexibility index (Phi) is 7.03. The summed E-state index contributed by atoms with van der Waals surface area (Å²) in [7, 11) is 0. The molecular weight excluding hydrogens is 356 g/mol. The van der Waals surface area contributed by atoms with Gasteiger partial charge in [0.05, 0.1) is 18.3 Å². The third-order valence-corrected chi connectivity index (χ3v) is 4.51. The molecule has 6 heteroatoms. The van der Waals surface area contributed by atoms with Gasteiger partial charge in [0.2, 0.25) is 0 Å². The van der Waals surface area contributed by atoms with Gasteiger partial charge in [0, 0.05) is 24.4 Å². The van der Waals surface area contributed by atoms with E-state index >= 15 is 0 Å². The van der Waals surface area contributed by atoms with Gasteiger partial charge in [0.25, 0.3) is 11.8 Å². The van der Waals surface area contributed by atoms with Crippen LogP contribution in [0.3, 0.4) is 0 Å². The van der Waals surface area contributed by atoms with Crippen LogP contribution in [0, 0.1) is 0 Å². The van der Waals surface area contributed by atoms with Crippen molar-refractivity contribution in [3.8, 4) is 5.75 Å². The first-order chi connectivity index (χ1) is 13.7. The third-order valence-electron chi connectivity index (χ3n) is 4.51. The minimum Gasteiger partial charge on any atom is -0.493 e. The van der Waals surface area contributed by atoms with Crippen molar-refractivity contribution < 1.29 is 19.1 Å². The Hall–Kier alpha value is -2.86. The molecule has 1 atom stereocenters. The van der Waals surface area contributed by atoms with Crippen LogP contribution in [-0.2, 0) is 4.74 Å². The van der Waals surface area contributed by atoms with Crippen molar-refractivity contribution in [1.82, 2.24) is 5.32 Å². The standard InChI is InChI=1S/C22H26N2O4/c1-2-13-28-20-8-4-3-7-19(20)22(26)24-17-11-9-16(10-12-17)21(25)23-15-18-6-5-14-27-18/h3-4,7-12,18H,2,5-6,13-15H2,1H3,(H,23,25)(H,24,26)/t18-/m1/s1. The third kappa shape index (κ3) is 5.33. The van der Waals surface area contributed by atoms with Gasteiger partial charge in [-0.1, -0.05) is 19.1 Å². The van der Waals surface area contributed by atoms with Crippen molar-refractivity contribution >= 4 is 17.5 Å². The summed E-state index contributed by atoms with van der Waals surface area (Å²) in [5.74, 6) is 0.168. The molecule has 1 saturated heterocycles. The highest BCUT2D eigenvalue weighted by Crippen LogP contribution is 2.20. The summed E-state index contributed by atoms with van der Waals surface area (Å²) in [5, 5.41) is 5.73. The molecule has 1 fully saturated rings. The average molecular weight is 382 g/mol. The summed E-state index contributed by atoms with van der Waals surface area (Å²) in [6, 6.07) is 14.0. The van der Waals surface area contributed by atoms with Crippen molar-refractivity contribution in [1.29, 1.82) is 0 Å². The van der Waals surface area contributed by atoms with Crippen molar-refractivity contribution in [2.45, 2.75) is 32.3 Å². The normalized spacial score (nSPS) is 15.8. The van der Waals surface area contributed by atoms with Gasteiger partial charge in [0.15, 0.2) is 0 Å². The molecule has 0 saturated carbocycles. The number of benzene rings is 2. The monoisotopic (exact) mass is 382 g/mol. The fraction of sp³-hybridized carbons (Fsp3) is 0.364. The lowest BCUT2D eigenvalue weighted by atomic mass is 10.1. The van der Waals surface area contributed by atoms with Gasteiger partial charge in [-0.25, -0.2) is 0 Å². The second kappa shape index (κ2) is 9.90. The number of ether oxygens (including phenoxy) is 2. The van der Waals surface area contributed by atoms with Gasteiger partial charge in [-0.3, -0.25) is 9.59 Å². The summed E-state index contributed by atoms with van der Waals surface area (Å²) in [5.41, 5.74) is 1.64. The summed E-state index contributed by atoms with van der Waals surface area (Å²) in [6.07, 6.45) is 3.00. The Bertz CT molecular complexity index is 798. The summed E-state index contributed by atoms with van der Waals surface area (Å²) in [6.45, 7) is 3.86. The van der Waals surface area contributed by atoms with E-state index in [-0.39, 0.29) is 17.9 Å². The SMILES string of the molecule is CCCOc1ccccc1C(=O)Nc1ccc(C(=O)NC[C@H]2CCCO2)cc1. The van der Waals surface area contributed by atoms with Crippen LogP contribution in [0.15, 0.2) is 48.5 Å². The molecule has 1 heterocycles. The number of carbonyl (C=O) groups is 2. The van der Waals surface area contributed by atoms with Crippen molar-refractivity contribution in [3.63, 3.8) is 0 Å². The van der Waals surface area contributed by atoms with Crippen LogP contribution in [0.5, 0.6) is 5.75 Å². The first kappa shape index (κ1) is 19.9. The van der Waals surface area contributed by atoms with Crippen molar-refractivity contribution in [2.75, 3.05) is 25.1 Å². The Morgan fingerprint density at radius 1 is 1.11 bits per heavy atom. The van der Waals surface area contributed by atoms with Crippen LogP contribution in [-0.4, -0.2) is 37.7 Å². The van der Waals surface area contributed by atoms with E-state index < -0.39 is 0 Å².